The van der Waals surface area contributed by atoms with Gasteiger partial charge in [0.2, 0.25) is 17.7 Å². The van der Waals surface area contributed by atoms with E-state index < -0.39 is 61.1 Å². The Morgan fingerprint density at radius 1 is 1.10 bits per heavy atom. The molecule has 166 valence electrons. The fourth-order valence-electron chi connectivity index (χ4n) is 2.03. The molecule has 0 rings (SSSR count). The number of hydrogen-bond acceptors (Lipinski definition) is 8. The molecular weight excluding hydrogens is 390 g/mol. The number of aliphatic hydroxyl groups excluding tert-OH is 2. The topological polar surface area (TPSA) is 255 Å². The van der Waals surface area contributed by atoms with Crippen LogP contribution in [-0.2, 0) is 19.2 Å². The Morgan fingerprint density at radius 3 is 2.21 bits per heavy atom. The molecule has 0 bridgehead atoms. The van der Waals surface area contributed by atoms with Gasteiger partial charge in [0, 0.05) is 6.54 Å². The third-order valence-corrected chi connectivity index (χ3v) is 3.61. The number of carboxylic acids is 1. The number of rotatable bonds is 13. The molecule has 0 radical (unpaired) electrons. The Bertz CT molecular complexity index is 608. The maximum Gasteiger partial charge on any atom is 0.328 e. The van der Waals surface area contributed by atoms with E-state index in [1.54, 1.807) is 0 Å². The maximum absolute atomic E-state index is 12.0. The van der Waals surface area contributed by atoms with E-state index in [1.807, 2.05) is 5.32 Å². The summed E-state index contributed by atoms with van der Waals surface area (Å²) in [6.45, 7) is 0.0858. The molecule has 29 heavy (non-hydrogen) atoms. The van der Waals surface area contributed by atoms with Crippen LogP contribution < -0.4 is 33.2 Å². The molecule has 0 fully saturated rings. The molecular formula is C15H29N7O7. The van der Waals surface area contributed by atoms with Crippen LogP contribution in [0.3, 0.4) is 0 Å². The Labute approximate surface area is 166 Å². The molecule has 4 atom stereocenters. The summed E-state index contributed by atoms with van der Waals surface area (Å²) >= 11 is 0. The fourth-order valence-corrected chi connectivity index (χ4v) is 2.03. The summed E-state index contributed by atoms with van der Waals surface area (Å²) in [4.78, 5) is 50.4. The van der Waals surface area contributed by atoms with Crippen molar-refractivity contribution in [2.45, 2.75) is 44.0 Å². The first kappa shape index (κ1) is 26.0. The molecule has 3 amide bonds. The highest BCUT2D eigenvalue weighted by Crippen LogP contribution is 1.97. The van der Waals surface area contributed by atoms with Crippen LogP contribution in [0, 0.1) is 0 Å². The number of nitrogens with two attached hydrogens (primary N) is 3. The van der Waals surface area contributed by atoms with Crippen molar-refractivity contribution in [2.24, 2.45) is 22.2 Å². The summed E-state index contributed by atoms with van der Waals surface area (Å²) in [7, 11) is 0. The predicted octanol–water partition coefficient (Wildman–Crippen LogP) is -5.09. The van der Waals surface area contributed by atoms with Crippen LogP contribution in [0.1, 0.15) is 19.8 Å². The van der Waals surface area contributed by atoms with Gasteiger partial charge in [-0.1, -0.05) is 0 Å². The monoisotopic (exact) mass is 419 g/mol. The number of nitrogens with one attached hydrogen (secondary N) is 3. The summed E-state index contributed by atoms with van der Waals surface area (Å²) in [6.07, 6.45) is -0.667. The van der Waals surface area contributed by atoms with Gasteiger partial charge in [0.1, 0.15) is 12.1 Å². The summed E-state index contributed by atoms with van der Waals surface area (Å²) in [5.74, 6) is -4.02. The van der Waals surface area contributed by atoms with Gasteiger partial charge in [-0.25, -0.2) is 4.79 Å². The number of hydrogen-bond donors (Lipinski definition) is 9. The molecule has 14 heteroatoms. The zero-order valence-electron chi connectivity index (χ0n) is 16.0. The zero-order valence-corrected chi connectivity index (χ0v) is 16.0. The Kier molecular flexibility index (Phi) is 11.9. The molecule has 0 spiro atoms. The van der Waals surface area contributed by atoms with Crippen molar-refractivity contribution in [1.29, 1.82) is 0 Å². The van der Waals surface area contributed by atoms with E-state index in [1.165, 1.54) is 6.92 Å². The minimum atomic E-state index is -1.60. The first-order valence-corrected chi connectivity index (χ1v) is 8.69. The van der Waals surface area contributed by atoms with Gasteiger partial charge >= 0.3 is 5.97 Å². The van der Waals surface area contributed by atoms with Gasteiger partial charge in [0.15, 0.2) is 5.96 Å². The van der Waals surface area contributed by atoms with Crippen molar-refractivity contribution in [3.63, 3.8) is 0 Å². The Morgan fingerprint density at radius 2 is 1.72 bits per heavy atom. The molecule has 14 nitrogen and oxygen atoms in total. The van der Waals surface area contributed by atoms with Crippen molar-refractivity contribution < 1.29 is 34.5 Å². The highest BCUT2D eigenvalue weighted by atomic mass is 16.4. The Hall–Kier alpha value is -2.97. The highest BCUT2D eigenvalue weighted by Gasteiger charge is 2.29. The van der Waals surface area contributed by atoms with E-state index in [0.29, 0.717) is 13.0 Å². The standard InChI is InChI=1S/C15H29N7O7/c1-7(24)11(13(27)21-9(6-23)14(28)29)22-10(25)5-20-12(26)8(16)3-2-4-19-15(17)18/h7-9,11,23-24H,2-6,16H2,1H3,(H,20,26)(H,21,27)(H,22,25)(H,28,29)(H4,17,18,19). The molecule has 0 saturated carbocycles. The van der Waals surface area contributed by atoms with Crippen LogP contribution in [0.5, 0.6) is 0 Å². The van der Waals surface area contributed by atoms with Gasteiger partial charge in [-0.15, -0.1) is 0 Å². The third-order valence-electron chi connectivity index (χ3n) is 3.61. The number of guanidine groups is 1. The second-order valence-electron chi connectivity index (χ2n) is 6.14. The molecule has 0 aliphatic heterocycles. The number of aliphatic hydroxyl groups is 2. The van der Waals surface area contributed by atoms with Crippen LogP contribution in [0.25, 0.3) is 0 Å². The van der Waals surface area contributed by atoms with Crippen LogP contribution in [0.4, 0.5) is 0 Å². The van der Waals surface area contributed by atoms with E-state index >= 15 is 0 Å². The van der Waals surface area contributed by atoms with Crippen molar-refractivity contribution in [2.75, 3.05) is 19.7 Å². The number of nitrogens with zero attached hydrogens (tertiary/aromatic N) is 1. The summed E-state index contributed by atoms with van der Waals surface area (Å²) < 4.78 is 0. The van der Waals surface area contributed by atoms with Crippen molar-refractivity contribution in [3.8, 4) is 0 Å². The number of amides is 3. The van der Waals surface area contributed by atoms with Gasteiger partial charge < -0.3 is 48.5 Å². The normalized spacial score (nSPS) is 14.6. The minimum absolute atomic E-state index is 0.0786. The lowest BCUT2D eigenvalue weighted by molar-refractivity contribution is -0.144. The van der Waals surface area contributed by atoms with Crippen LogP contribution in [0.15, 0.2) is 4.99 Å². The van der Waals surface area contributed by atoms with E-state index in [0.717, 1.165) is 0 Å². The van der Waals surface area contributed by atoms with E-state index in [-0.39, 0.29) is 12.4 Å². The van der Waals surface area contributed by atoms with Crippen molar-refractivity contribution >= 4 is 29.7 Å². The maximum atomic E-state index is 12.0. The molecule has 0 aromatic rings. The SMILES string of the molecule is CC(O)C(NC(=O)CNC(=O)C(N)CCCN=C(N)N)C(=O)NC(CO)C(=O)O. The average molecular weight is 419 g/mol. The number of carbonyl (C=O) groups excluding carboxylic acids is 3. The molecule has 0 heterocycles. The summed E-state index contributed by atoms with van der Waals surface area (Å²) in [6, 6.07) is -4.01. The molecule has 4 unspecified atom stereocenters. The number of carboxylic acid groups (broad SMARTS) is 1. The molecule has 0 aromatic heterocycles. The van der Waals surface area contributed by atoms with Crippen molar-refractivity contribution in [1.82, 2.24) is 16.0 Å². The number of aliphatic imine (C=N–C) groups is 1. The van der Waals surface area contributed by atoms with Crippen LogP contribution in [-0.4, -0.2) is 88.9 Å². The van der Waals surface area contributed by atoms with Crippen LogP contribution in [0.2, 0.25) is 0 Å². The van der Waals surface area contributed by atoms with E-state index in [9.17, 15) is 24.3 Å². The molecule has 0 saturated heterocycles. The lowest BCUT2D eigenvalue weighted by atomic mass is 10.1. The van der Waals surface area contributed by atoms with Gasteiger partial charge in [0.25, 0.3) is 0 Å². The van der Waals surface area contributed by atoms with Crippen LogP contribution >= 0.6 is 0 Å². The predicted molar refractivity (Wildman–Crippen MR) is 101 cm³/mol. The van der Waals surface area contributed by atoms with Gasteiger partial charge in [-0.05, 0) is 19.8 Å². The average Bonchev–Trinajstić information content (AvgIpc) is 2.64. The third kappa shape index (κ3) is 10.8. The second-order valence-corrected chi connectivity index (χ2v) is 6.14. The van der Waals surface area contributed by atoms with Gasteiger partial charge in [0.05, 0.1) is 25.3 Å². The molecule has 0 aliphatic rings. The van der Waals surface area contributed by atoms with E-state index in [2.05, 4.69) is 15.6 Å². The first-order chi connectivity index (χ1) is 13.5. The minimum Gasteiger partial charge on any atom is -0.480 e. The largest absolute Gasteiger partial charge is 0.480 e. The lowest BCUT2D eigenvalue weighted by Crippen LogP contribution is -2.57. The van der Waals surface area contributed by atoms with Gasteiger partial charge in [-0.2, -0.15) is 0 Å². The highest BCUT2D eigenvalue weighted by molar-refractivity contribution is 5.92. The molecule has 0 aromatic carbocycles. The lowest BCUT2D eigenvalue weighted by Gasteiger charge is -2.23. The summed E-state index contributed by atoms with van der Waals surface area (Å²) in [5, 5.41) is 33.8. The Balaban J connectivity index is 4.55. The molecule has 12 N–H and O–H groups in total. The van der Waals surface area contributed by atoms with Crippen molar-refractivity contribution in [3.05, 3.63) is 0 Å². The van der Waals surface area contributed by atoms with E-state index in [4.69, 9.17) is 27.4 Å². The zero-order chi connectivity index (χ0) is 22.6. The summed E-state index contributed by atoms with van der Waals surface area (Å²) in [5.41, 5.74) is 16.0. The molecule has 0 aliphatic carbocycles. The second kappa shape index (κ2) is 13.2. The number of aliphatic carboxylic acids is 1. The fraction of sp³-hybridized carbons (Fsp3) is 0.667. The quantitative estimate of drug-likeness (QED) is 0.0779. The smallest absolute Gasteiger partial charge is 0.328 e. The number of carbonyl (C=O) groups is 4. The van der Waals surface area contributed by atoms with Gasteiger partial charge in [-0.3, -0.25) is 19.4 Å². The first-order valence-electron chi connectivity index (χ1n) is 8.69.